The summed E-state index contributed by atoms with van der Waals surface area (Å²) in [6.07, 6.45) is 0. The van der Waals surface area contributed by atoms with E-state index in [2.05, 4.69) is 6.07 Å². The topological polar surface area (TPSA) is 0 Å². The Bertz CT molecular complexity index is 143. The first-order valence-electron chi connectivity index (χ1n) is 2.02. The summed E-state index contributed by atoms with van der Waals surface area (Å²) in [5.74, 6) is -0.303. The van der Waals surface area contributed by atoms with Crippen molar-refractivity contribution < 1.29 is 21.4 Å². The third-order valence-electron chi connectivity index (χ3n) is 0.671. The Morgan fingerprint density at radius 3 is 2.22 bits per heavy atom. The van der Waals surface area contributed by atoms with Crippen LogP contribution in [-0.2, 0) is 0 Å². The first-order valence-corrected chi connectivity index (χ1v) is 2.02. The molecule has 0 bridgehead atoms. The molecule has 0 unspecified atom stereocenters. The molecule has 0 heterocycles. The van der Waals surface area contributed by atoms with E-state index in [0.717, 1.165) is 0 Å². The van der Waals surface area contributed by atoms with E-state index in [1.807, 2.05) is 0 Å². The van der Waals surface area contributed by atoms with E-state index in [1.165, 1.54) is 12.1 Å². The van der Waals surface area contributed by atoms with Gasteiger partial charge in [0, 0.05) is 5.82 Å². The number of benzene rings is 1. The van der Waals surface area contributed by atoms with E-state index >= 15 is 0 Å². The second-order valence-electron chi connectivity index (χ2n) is 1.21. The van der Waals surface area contributed by atoms with Gasteiger partial charge in [-0.15, -0.1) is 12.1 Å². The van der Waals surface area contributed by atoms with Crippen molar-refractivity contribution in [2.24, 2.45) is 0 Å². The van der Waals surface area contributed by atoms with Crippen molar-refractivity contribution in [3.8, 4) is 0 Å². The molecule has 0 aliphatic heterocycles. The fourth-order valence-electron chi connectivity index (χ4n) is 0.371. The first kappa shape index (κ1) is 12.1. The zero-order chi connectivity index (χ0) is 5.11. The van der Waals surface area contributed by atoms with E-state index < -0.39 is 0 Å². The Morgan fingerprint density at radius 1 is 1.33 bits per heavy atom. The Balaban J connectivity index is 0. The number of halogens is 2. The summed E-state index contributed by atoms with van der Waals surface area (Å²) in [4.78, 5) is 0. The molecule has 0 radical (unpaired) electrons. The van der Waals surface area contributed by atoms with Crippen LogP contribution in [0.25, 0.3) is 0 Å². The van der Waals surface area contributed by atoms with Crippen LogP contribution in [0.4, 0.5) is 4.39 Å². The van der Waals surface area contributed by atoms with E-state index in [9.17, 15) is 4.39 Å². The van der Waals surface area contributed by atoms with Gasteiger partial charge in [0.1, 0.15) is 0 Å². The molecule has 0 aromatic heterocycles. The number of hydrogen-bond acceptors (Lipinski definition) is 0. The molecule has 9 heavy (non-hydrogen) atoms. The fourth-order valence-corrected chi connectivity index (χ4v) is 0.371. The Morgan fingerprint density at radius 2 is 2.00 bits per heavy atom. The van der Waals surface area contributed by atoms with Gasteiger partial charge < -0.3 is 17.0 Å². The average molecular weight is 199 g/mol. The summed E-state index contributed by atoms with van der Waals surface area (Å²) in [6.45, 7) is 0. The van der Waals surface area contributed by atoms with Crippen molar-refractivity contribution in [2.45, 2.75) is 0 Å². The third kappa shape index (κ3) is 4.87. The summed E-state index contributed by atoms with van der Waals surface area (Å²) < 4.78 is 11.9. The zero-order valence-electron chi connectivity index (χ0n) is 4.77. The first-order chi connectivity index (χ1) is 3.39. The van der Waals surface area contributed by atoms with Gasteiger partial charge in [-0.1, -0.05) is 0 Å². The quantitative estimate of drug-likeness (QED) is 0.343. The van der Waals surface area contributed by atoms with E-state index in [1.54, 1.807) is 12.1 Å². The molecule has 0 atom stereocenters. The van der Waals surface area contributed by atoms with E-state index in [4.69, 9.17) is 0 Å². The maximum atomic E-state index is 11.9. The molecule has 0 aliphatic carbocycles. The summed E-state index contributed by atoms with van der Waals surface area (Å²) in [5.41, 5.74) is 0. The second-order valence-corrected chi connectivity index (χ2v) is 1.21. The second kappa shape index (κ2) is 6.52. The number of hydrogen-bond donors (Lipinski definition) is 0. The van der Waals surface area contributed by atoms with Gasteiger partial charge in [0.2, 0.25) is 0 Å². The minimum atomic E-state index is -0.303. The van der Waals surface area contributed by atoms with Crippen LogP contribution in [-0.4, -0.2) is 23.1 Å². The van der Waals surface area contributed by atoms with Crippen molar-refractivity contribution in [3.63, 3.8) is 0 Å². The van der Waals surface area contributed by atoms with Gasteiger partial charge in [0.15, 0.2) is 0 Å². The maximum absolute atomic E-state index is 11.9. The van der Waals surface area contributed by atoms with Crippen molar-refractivity contribution in [2.75, 3.05) is 0 Å². The van der Waals surface area contributed by atoms with Gasteiger partial charge >= 0.3 is 23.1 Å². The molecule has 1 rings (SSSR count). The maximum Gasteiger partial charge on any atom is 2.00 e. The van der Waals surface area contributed by atoms with Crippen molar-refractivity contribution in [1.29, 1.82) is 0 Å². The summed E-state index contributed by atoms with van der Waals surface area (Å²) in [5, 5.41) is 0. The predicted octanol–water partition coefficient (Wildman–Crippen LogP) is -1.75. The average Bonchev–Trinajstić information content (AvgIpc) is 1.69. The normalized spacial score (nSPS) is 6.78. The molecular weight excluding hydrogens is 195 g/mol. The van der Waals surface area contributed by atoms with Crippen LogP contribution in [0, 0.1) is 11.9 Å². The van der Waals surface area contributed by atoms with Gasteiger partial charge in [-0.3, -0.25) is 0 Å². The predicted molar refractivity (Wildman–Crippen MR) is 31.0 cm³/mol. The molecule has 1 aromatic rings. The van der Waals surface area contributed by atoms with Crippen molar-refractivity contribution >= 4 is 23.1 Å². The van der Waals surface area contributed by atoms with Gasteiger partial charge in [0.05, 0.1) is 0 Å². The van der Waals surface area contributed by atoms with Crippen LogP contribution in [0.3, 0.4) is 0 Å². The van der Waals surface area contributed by atoms with Crippen LogP contribution in [0.1, 0.15) is 0 Å². The summed E-state index contributed by atoms with van der Waals surface area (Å²) in [6, 6.07) is 8.62. The molecular formula is C6H4BrFMg. The van der Waals surface area contributed by atoms with Crippen LogP contribution < -0.4 is 17.0 Å². The third-order valence-corrected chi connectivity index (χ3v) is 0.671. The van der Waals surface area contributed by atoms with Crippen LogP contribution in [0.15, 0.2) is 24.3 Å². The summed E-state index contributed by atoms with van der Waals surface area (Å²) in [7, 11) is 0. The Labute approximate surface area is 80.4 Å². The minimum Gasteiger partial charge on any atom is -1.00 e. The SMILES string of the molecule is Fc1[c-]cccc1.[Br-].[Mg+2]. The molecule has 0 spiro atoms. The molecule has 0 nitrogen and oxygen atoms in total. The van der Waals surface area contributed by atoms with Crippen molar-refractivity contribution in [1.82, 2.24) is 0 Å². The molecule has 0 aliphatic rings. The molecule has 0 fully saturated rings. The van der Waals surface area contributed by atoms with Crippen LogP contribution in [0.5, 0.6) is 0 Å². The van der Waals surface area contributed by atoms with Crippen LogP contribution >= 0.6 is 0 Å². The van der Waals surface area contributed by atoms with Crippen LogP contribution in [0.2, 0.25) is 0 Å². The molecule has 44 valence electrons. The van der Waals surface area contributed by atoms with Gasteiger partial charge in [0.25, 0.3) is 0 Å². The smallest absolute Gasteiger partial charge is 1.00 e. The van der Waals surface area contributed by atoms with Crippen molar-refractivity contribution in [3.05, 3.63) is 36.1 Å². The monoisotopic (exact) mass is 198 g/mol. The molecule has 0 saturated carbocycles. The molecule has 0 N–H and O–H groups in total. The Hall–Kier alpha value is 0.396. The zero-order valence-corrected chi connectivity index (χ0v) is 7.77. The summed E-state index contributed by atoms with van der Waals surface area (Å²) >= 11 is 0. The largest absolute Gasteiger partial charge is 2.00 e. The fraction of sp³-hybridized carbons (Fsp3) is 0. The molecule has 0 amide bonds. The van der Waals surface area contributed by atoms with Gasteiger partial charge in [-0.05, 0) is 0 Å². The van der Waals surface area contributed by atoms with Gasteiger partial charge in [-0.25, -0.2) is 4.39 Å². The van der Waals surface area contributed by atoms with Gasteiger partial charge in [-0.2, -0.15) is 18.2 Å². The van der Waals surface area contributed by atoms with E-state index in [0.29, 0.717) is 0 Å². The standard InChI is InChI=1S/C6H4F.BrH.Mg/c7-6-4-2-1-3-5-6;;/h1-4H;1H;/q-1;;+2/p-1. The minimum absolute atomic E-state index is 0. The molecule has 0 saturated heterocycles. The Kier molecular flexibility index (Phi) is 8.77. The van der Waals surface area contributed by atoms with E-state index in [-0.39, 0.29) is 45.9 Å². The molecule has 1 aromatic carbocycles. The molecule has 3 heteroatoms. The number of rotatable bonds is 0.